The lowest BCUT2D eigenvalue weighted by Crippen LogP contribution is -2.38. The average molecular weight is 449 g/mol. The van der Waals surface area contributed by atoms with E-state index in [0.717, 1.165) is 52.8 Å². The number of aryl methyl sites for hydroxylation is 4. The molecule has 1 saturated heterocycles. The quantitative estimate of drug-likeness (QED) is 0.674. The highest BCUT2D eigenvalue weighted by Crippen LogP contribution is 2.28. The number of aliphatic hydroxyl groups is 1. The van der Waals surface area contributed by atoms with E-state index in [1.54, 1.807) is 4.68 Å². The molecule has 1 aromatic carbocycles. The normalized spacial score (nSPS) is 19.8. The lowest BCUT2D eigenvalue weighted by Gasteiger charge is -2.27. The molecule has 1 unspecified atom stereocenters. The van der Waals surface area contributed by atoms with Gasteiger partial charge in [-0.3, -0.25) is 14.4 Å². The van der Waals surface area contributed by atoms with Crippen molar-refractivity contribution in [3.8, 4) is 5.75 Å². The van der Waals surface area contributed by atoms with Crippen LogP contribution >= 0.6 is 11.6 Å². The Labute approximate surface area is 189 Å². The second-order valence-corrected chi connectivity index (χ2v) is 8.92. The summed E-state index contributed by atoms with van der Waals surface area (Å²) in [5.74, 6) is 0.656. The maximum absolute atomic E-state index is 12.5. The van der Waals surface area contributed by atoms with Gasteiger partial charge in [0.05, 0.1) is 23.5 Å². The van der Waals surface area contributed by atoms with Crippen LogP contribution in [-0.2, 0) is 11.3 Å². The van der Waals surface area contributed by atoms with Crippen molar-refractivity contribution in [3.05, 3.63) is 40.2 Å². The number of nitrogens with one attached hydrogen (secondary N) is 1. The topological polar surface area (TPSA) is 79.6 Å². The lowest BCUT2D eigenvalue weighted by molar-refractivity contribution is -0.117. The van der Waals surface area contributed by atoms with E-state index in [1.165, 1.54) is 0 Å². The number of aromatic nitrogens is 2. The van der Waals surface area contributed by atoms with E-state index in [0.29, 0.717) is 25.9 Å². The molecule has 2 aromatic rings. The van der Waals surface area contributed by atoms with Gasteiger partial charge in [-0.25, -0.2) is 0 Å². The number of hydrogen-bond donors (Lipinski definition) is 2. The van der Waals surface area contributed by atoms with E-state index in [9.17, 15) is 9.90 Å². The molecular weight excluding hydrogens is 416 g/mol. The van der Waals surface area contributed by atoms with Crippen LogP contribution in [0.2, 0.25) is 5.02 Å². The Kier molecular flexibility index (Phi) is 7.62. The maximum Gasteiger partial charge on any atom is 0.238 e. The lowest BCUT2D eigenvalue weighted by atomic mass is 9.96. The van der Waals surface area contributed by atoms with Crippen LogP contribution in [0.5, 0.6) is 5.75 Å². The number of rotatable bonds is 7. The summed E-state index contributed by atoms with van der Waals surface area (Å²) < 4.78 is 7.73. The third-order valence-electron chi connectivity index (χ3n) is 5.84. The smallest absolute Gasteiger partial charge is 0.238 e. The number of halogens is 1. The Hall–Kier alpha value is -2.09. The van der Waals surface area contributed by atoms with Gasteiger partial charge in [-0.1, -0.05) is 11.6 Å². The molecule has 3 rings (SSSR count). The van der Waals surface area contributed by atoms with Crippen molar-refractivity contribution >= 4 is 23.2 Å². The third-order valence-corrected chi connectivity index (χ3v) is 6.44. The van der Waals surface area contributed by atoms with Crippen LogP contribution in [0.15, 0.2) is 18.3 Å². The van der Waals surface area contributed by atoms with Crippen LogP contribution < -0.4 is 10.1 Å². The zero-order valence-electron chi connectivity index (χ0n) is 18.9. The number of hydrogen-bond acceptors (Lipinski definition) is 5. The zero-order chi connectivity index (χ0) is 22.6. The van der Waals surface area contributed by atoms with Gasteiger partial charge in [-0.05, 0) is 76.8 Å². The van der Waals surface area contributed by atoms with Crippen LogP contribution in [-0.4, -0.2) is 57.5 Å². The first-order chi connectivity index (χ1) is 14.7. The summed E-state index contributed by atoms with van der Waals surface area (Å²) >= 11 is 6.23. The highest BCUT2D eigenvalue weighted by molar-refractivity contribution is 6.32. The first-order valence-corrected chi connectivity index (χ1v) is 11.2. The molecule has 7 nitrogen and oxygen atoms in total. The first kappa shape index (κ1) is 23.6. The highest BCUT2D eigenvalue weighted by Gasteiger charge is 2.31. The molecule has 0 bridgehead atoms. The van der Waals surface area contributed by atoms with Gasteiger partial charge >= 0.3 is 0 Å². The largest absolute Gasteiger partial charge is 0.491 e. The molecule has 1 atom stereocenters. The van der Waals surface area contributed by atoms with Crippen molar-refractivity contribution in [2.75, 3.05) is 31.6 Å². The van der Waals surface area contributed by atoms with Crippen LogP contribution in [0.3, 0.4) is 0 Å². The maximum atomic E-state index is 12.5. The Balaban J connectivity index is 1.52. The second-order valence-electron chi connectivity index (χ2n) is 8.55. The fourth-order valence-corrected chi connectivity index (χ4v) is 4.05. The number of carbonyl (C=O) groups is 1. The van der Waals surface area contributed by atoms with E-state index in [2.05, 4.69) is 15.3 Å². The number of benzene rings is 1. The summed E-state index contributed by atoms with van der Waals surface area (Å²) in [4.78, 5) is 14.6. The van der Waals surface area contributed by atoms with E-state index >= 15 is 0 Å². The summed E-state index contributed by atoms with van der Waals surface area (Å²) in [5, 5.41) is 19.1. The van der Waals surface area contributed by atoms with Gasteiger partial charge in [0, 0.05) is 24.3 Å². The highest BCUT2D eigenvalue weighted by atomic mass is 35.5. The van der Waals surface area contributed by atoms with Crippen LogP contribution in [0.4, 0.5) is 5.69 Å². The zero-order valence-corrected chi connectivity index (χ0v) is 19.6. The van der Waals surface area contributed by atoms with Crippen molar-refractivity contribution in [2.24, 2.45) is 0 Å². The molecule has 1 aliphatic heterocycles. The van der Waals surface area contributed by atoms with E-state index in [1.807, 2.05) is 46.0 Å². The van der Waals surface area contributed by atoms with Crippen molar-refractivity contribution < 1.29 is 14.6 Å². The van der Waals surface area contributed by atoms with Gasteiger partial charge in [0.1, 0.15) is 12.4 Å². The van der Waals surface area contributed by atoms with E-state index < -0.39 is 5.60 Å². The predicted octanol–water partition coefficient (Wildman–Crippen LogP) is 3.72. The van der Waals surface area contributed by atoms with Crippen LogP contribution in [0.1, 0.15) is 43.0 Å². The fourth-order valence-electron chi connectivity index (χ4n) is 3.94. The summed E-state index contributed by atoms with van der Waals surface area (Å²) in [6.45, 7) is 10.5. The Bertz CT molecular complexity index is 907. The van der Waals surface area contributed by atoms with Gasteiger partial charge in [0.2, 0.25) is 5.91 Å². The minimum absolute atomic E-state index is 0.0624. The number of nitrogens with zero attached hydrogens (tertiary/aromatic N) is 3. The standard InChI is InChI=1S/C23H33ClN4O3/c1-5-28-13-20(18(4)26-28)25-21(29)14-27-9-6-7-23(30,8-10-27)15-31-19-11-16(2)22(24)17(3)12-19/h11-13,30H,5-10,14-15H2,1-4H3,(H,25,29). The molecule has 31 heavy (non-hydrogen) atoms. The van der Waals surface area contributed by atoms with Crippen molar-refractivity contribution in [3.63, 3.8) is 0 Å². The van der Waals surface area contributed by atoms with Gasteiger partial charge in [-0.15, -0.1) is 0 Å². The molecule has 2 N–H and O–H groups in total. The van der Waals surface area contributed by atoms with Crippen molar-refractivity contribution in [1.82, 2.24) is 14.7 Å². The minimum Gasteiger partial charge on any atom is -0.491 e. The second kappa shape index (κ2) is 10.0. The summed E-state index contributed by atoms with van der Waals surface area (Å²) in [6.07, 6.45) is 3.85. The molecule has 0 saturated carbocycles. The molecule has 8 heteroatoms. The average Bonchev–Trinajstić information content (AvgIpc) is 2.96. The van der Waals surface area contributed by atoms with Crippen LogP contribution in [0, 0.1) is 20.8 Å². The van der Waals surface area contributed by atoms with Crippen LogP contribution in [0.25, 0.3) is 0 Å². The molecule has 0 aliphatic carbocycles. The van der Waals surface area contributed by atoms with Gasteiger partial charge in [0.25, 0.3) is 0 Å². The molecule has 0 radical (unpaired) electrons. The minimum atomic E-state index is -0.911. The van der Waals surface area contributed by atoms with Crippen molar-refractivity contribution in [1.29, 1.82) is 0 Å². The summed E-state index contributed by atoms with van der Waals surface area (Å²) in [7, 11) is 0. The van der Waals surface area contributed by atoms with Gasteiger partial charge in [-0.2, -0.15) is 5.10 Å². The van der Waals surface area contributed by atoms with E-state index in [4.69, 9.17) is 16.3 Å². The molecule has 1 aliphatic rings. The molecular formula is C23H33ClN4O3. The van der Waals surface area contributed by atoms with E-state index in [-0.39, 0.29) is 12.5 Å². The Morgan fingerprint density at radius 2 is 1.97 bits per heavy atom. The molecule has 1 amide bonds. The molecule has 1 fully saturated rings. The van der Waals surface area contributed by atoms with Gasteiger partial charge in [0.15, 0.2) is 0 Å². The predicted molar refractivity (Wildman–Crippen MR) is 123 cm³/mol. The molecule has 170 valence electrons. The summed E-state index contributed by atoms with van der Waals surface area (Å²) in [6, 6.07) is 3.80. The Morgan fingerprint density at radius 1 is 1.26 bits per heavy atom. The Morgan fingerprint density at radius 3 is 2.61 bits per heavy atom. The monoisotopic (exact) mass is 448 g/mol. The third kappa shape index (κ3) is 6.21. The fraction of sp³-hybridized carbons (Fsp3) is 0.565. The molecule has 1 aromatic heterocycles. The molecule has 0 spiro atoms. The SMILES string of the molecule is CCn1cc(NC(=O)CN2CCCC(O)(COc3cc(C)c(Cl)c(C)c3)CC2)c(C)n1. The number of ether oxygens (including phenoxy) is 1. The number of amides is 1. The number of carbonyl (C=O) groups excluding carboxylic acids is 1. The summed E-state index contributed by atoms with van der Waals surface area (Å²) in [5.41, 5.74) is 2.57. The first-order valence-electron chi connectivity index (χ1n) is 10.9. The molecule has 2 heterocycles. The number of anilines is 1. The number of likely N-dealkylation sites (tertiary alicyclic amines) is 1. The van der Waals surface area contributed by atoms with Crippen molar-refractivity contribution in [2.45, 2.75) is 59.1 Å². The van der Waals surface area contributed by atoms with Gasteiger partial charge < -0.3 is 15.2 Å².